The van der Waals surface area contributed by atoms with E-state index in [9.17, 15) is 4.79 Å². The topological polar surface area (TPSA) is 44.4 Å². The Labute approximate surface area is 131 Å². The van der Waals surface area contributed by atoms with Gasteiger partial charge in [-0.2, -0.15) is 0 Å². The standard InChI is InChI=1S/C16H24ClN3O/c1-3-18-16(21)12(2)19-14-11-13(17)7-8-15(14)20-9-5-4-6-10-20/h7-8,11-12,19H,3-6,9-10H2,1-2H3,(H,18,21)/t12-/m0/s1. The molecule has 116 valence electrons. The van der Waals surface area contributed by atoms with E-state index in [2.05, 4.69) is 15.5 Å². The average Bonchev–Trinajstić information content (AvgIpc) is 2.48. The van der Waals surface area contributed by atoms with Crippen LogP contribution in [0.4, 0.5) is 11.4 Å². The van der Waals surface area contributed by atoms with Crippen molar-refractivity contribution in [2.75, 3.05) is 29.9 Å². The van der Waals surface area contributed by atoms with Gasteiger partial charge in [0.2, 0.25) is 5.91 Å². The number of nitrogens with zero attached hydrogens (tertiary/aromatic N) is 1. The number of amides is 1. The highest BCUT2D eigenvalue weighted by atomic mass is 35.5. The van der Waals surface area contributed by atoms with Gasteiger partial charge in [-0.3, -0.25) is 4.79 Å². The predicted molar refractivity (Wildman–Crippen MR) is 89.3 cm³/mol. The maximum absolute atomic E-state index is 11.9. The lowest BCUT2D eigenvalue weighted by atomic mass is 10.1. The lowest BCUT2D eigenvalue weighted by Gasteiger charge is -2.31. The number of anilines is 2. The fourth-order valence-electron chi connectivity index (χ4n) is 2.66. The molecule has 0 aliphatic carbocycles. The molecule has 2 N–H and O–H groups in total. The number of likely N-dealkylation sites (N-methyl/N-ethyl adjacent to an activating group) is 1. The van der Waals surface area contributed by atoms with Crippen LogP contribution in [-0.2, 0) is 4.79 Å². The Hall–Kier alpha value is -1.42. The number of halogens is 1. The number of nitrogens with one attached hydrogen (secondary N) is 2. The minimum Gasteiger partial charge on any atom is -0.372 e. The van der Waals surface area contributed by atoms with E-state index in [1.807, 2.05) is 32.0 Å². The van der Waals surface area contributed by atoms with E-state index in [0.717, 1.165) is 24.5 Å². The molecule has 0 bridgehead atoms. The zero-order valence-corrected chi connectivity index (χ0v) is 13.5. The molecule has 1 heterocycles. The van der Waals surface area contributed by atoms with Gasteiger partial charge in [0, 0.05) is 24.7 Å². The van der Waals surface area contributed by atoms with Gasteiger partial charge in [0.15, 0.2) is 0 Å². The molecule has 1 aliphatic rings. The Balaban J connectivity index is 2.16. The van der Waals surface area contributed by atoms with Crippen LogP contribution in [0, 0.1) is 0 Å². The van der Waals surface area contributed by atoms with Gasteiger partial charge in [-0.1, -0.05) is 11.6 Å². The number of benzene rings is 1. The van der Waals surface area contributed by atoms with E-state index in [1.165, 1.54) is 19.3 Å². The summed E-state index contributed by atoms with van der Waals surface area (Å²) in [6, 6.07) is 5.57. The van der Waals surface area contributed by atoms with Crippen LogP contribution in [0.5, 0.6) is 0 Å². The van der Waals surface area contributed by atoms with Crippen LogP contribution >= 0.6 is 11.6 Å². The molecule has 1 saturated heterocycles. The molecule has 1 atom stereocenters. The molecular weight excluding hydrogens is 286 g/mol. The number of carbonyl (C=O) groups excluding carboxylic acids is 1. The lowest BCUT2D eigenvalue weighted by molar-refractivity contribution is -0.121. The summed E-state index contributed by atoms with van der Waals surface area (Å²) in [5, 5.41) is 6.81. The van der Waals surface area contributed by atoms with Crippen molar-refractivity contribution in [3.8, 4) is 0 Å². The Morgan fingerprint density at radius 3 is 2.71 bits per heavy atom. The minimum atomic E-state index is -0.285. The van der Waals surface area contributed by atoms with Crippen molar-refractivity contribution in [2.45, 2.75) is 39.2 Å². The first-order valence-corrected chi connectivity index (χ1v) is 8.08. The maximum Gasteiger partial charge on any atom is 0.242 e. The van der Waals surface area contributed by atoms with Crippen LogP contribution in [0.1, 0.15) is 33.1 Å². The number of hydrogen-bond donors (Lipinski definition) is 2. The van der Waals surface area contributed by atoms with Crippen LogP contribution < -0.4 is 15.5 Å². The molecular formula is C16H24ClN3O. The Morgan fingerprint density at radius 2 is 2.05 bits per heavy atom. The van der Waals surface area contributed by atoms with Crippen molar-refractivity contribution in [1.82, 2.24) is 5.32 Å². The van der Waals surface area contributed by atoms with Crippen LogP contribution in [0.2, 0.25) is 5.02 Å². The average molecular weight is 310 g/mol. The normalized spacial score (nSPS) is 16.4. The second-order valence-corrected chi connectivity index (χ2v) is 5.91. The Kier molecular flexibility index (Phi) is 5.74. The van der Waals surface area contributed by atoms with Crippen LogP contribution in [0.3, 0.4) is 0 Å². The third-order valence-electron chi connectivity index (χ3n) is 3.77. The monoisotopic (exact) mass is 309 g/mol. The summed E-state index contributed by atoms with van der Waals surface area (Å²) >= 11 is 6.12. The van der Waals surface area contributed by atoms with Crippen molar-refractivity contribution >= 4 is 28.9 Å². The van der Waals surface area contributed by atoms with Gasteiger partial charge in [0.05, 0.1) is 11.4 Å². The first-order valence-electron chi connectivity index (χ1n) is 7.70. The molecule has 1 fully saturated rings. The zero-order chi connectivity index (χ0) is 15.2. The van der Waals surface area contributed by atoms with Crippen molar-refractivity contribution in [3.05, 3.63) is 23.2 Å². The van der Waals surface area contributed by atoms with Gasteiger partial charge < -0.3 is 15.5 Å². The largest absolute Gasteiger partial charge is 0.372 e. The smallest absolute Gasteiger partial charge is 0.242 e. The van der Waals surface area contributed by atoms with Gasteiger partial charge in [0.25, 0.3) is 0 Å². The van der Waals surface area contributed by atoms with Gasteiger partial charge in [0.1, 0.15) is 6.04 Å². The van der Waals surface area contributed by atoms with E-state index in [1.54, 1.807) is 0 Å². The molecule has 5 heteroatoms. The van der Waals surface area contributed by atoms with E-state index >= 15 is 0 Å². The molecule has 4 nitrogen and oxygen atoms in total. The van der Waals surface area contributed by atoms with Crippen LogP contribution in [0.15, 0.2) is 18.2 Å². The second kappa shape index (κ2) is 7.55. The fraction of sp³-hybridized carbons (Fsp3) is 0.562. The quantitative estimate of drug-likeness (QED) is 0.877. The summed E-state index contributed by atoms with van der Waals surface area (Å²) in [6.07, 6.45) is 3.73. The highest BCUT2D eigenvalue weighted by molar-refractivity contribution is 6.31. The number of piperidine rings is 1. The summed E-state index contributed by atoms with van der Waals surface area (Å²) < 4.78 is 0. The van der Waals surface area contributed by atoms with E-state index < -0.39 is 0 Å². The summed E-state index contributed by atoms with van der Waals surface area (Å²) in [4.78, 5) is 14.3. The summed E-state index contributed by atoms with van der Waals surface area (Å²) in [5.74, 6) is 0.00192. The third kappa shape index (κ3) is 4.27. The van der Waals surface area contributed by atoms with Gasteiger partial charge >= 0.3 is 0 Å². The van der Waals surface area contributed by atoms with E-state index in [4.69, 9.17) is 11.6 Å². The predicted octanol–water partition coefficient (Wildman–Crippen LogP) is 3.27. The molecule has 21 heavy (non-hydrogen) atoms. The fourth-order valence-corrected chi connectivity index (χ4v) is 2.83. The van der Waals surface area contributed by atoms with Gasteiger partial charge in [-0.25, -0.2) is 0 Å². The molecule has 1 aromatic rings. The molecule has 0 radical (unpaired) electrons. The van der Waals surface area contributed by atoms with Crippen molar-refractivity contribution < 1.29 is 4.79 Å². The molecule has 1 amide bonds. The molecule has 0 saturated carbocycles. The SMILES string of the molecule is CCNC(=O)[C@H](C)Nc1cc(Cl)ccc1N1CCCCC1. The first kappa shape index (κ1) is 16.0. The first-order chi connectivity index (χ1) is 10.1. The highest BCUT2D eigenvalue weighted by Gasteiger charge is 2.18. The molecule has 0 aromatic heterocycles. The lowest BCUT2D eigenvalue weighted by Crippen LogP contribution is -2.38. The van der Waals surface area contributed by atoms with Gasteiger partial charge in [-0.15, -0.1) is 0 Å². The molecule has 1 aromatic carbocycles. The Bertz CT molecular complexity index is 486. The van der Waals surface area contributed by atoms with E-state index in [-0.39, 0.29) is 11.9 Å². The summed E-state index contributed by atoms with van der Waals surface area (Å²) in [7, 11) is 0. The third-order valence-corrected chi connectivity index (χ3v) is 4.01. The van der Waals surface area contributed by atoms with Crippen molar-refractivity contribution in [2.24, 2.45) is 0 Å². The van der Waals surface area contributed by atoms with Crippen molar-refractivity contribution in [1.29, 1.82) is 0 Å². The number of hydrogen-bond acceptors (Lipinski definition) is 3. The molecule has 2 rings (SSSR count). The summed E-state index contributed by atoms with van der Waals surface area (Å²) in [6.45, 7) is 6.55. The summed E-state index contributed by atoms with van der Waals surface area (Å²) in [5.41, 5.74) is 2.07. The second-order valence-electron chi connectivity index (χ2n) is 5.47. The minimum absolute atomic E-state index is 0.00192. The maximum atomic E-state index is 11.9. The van der Waals surface area contributed by atoms with Crippen LogP contribution in [0.25, 0.3) is 0 Å². The zero-order valence-electron chi connectivity index (χ0n) is 12.8. The number of rotatable bonds is 5. The van der Waals surface area contributed by atoms with E-state index in [0.29, 0.717) is 11.6 Å². The molecule has 1 aliphatic heterocycles. The van der Waals surface area contributed by atoms with Crippen molar-refractivity contribution in [3.63, 3.8) is 0 Å². The Morgan fingerprint density at radius 1 is 1.33 bits per heavy atom. The van der Waals surface area contributed by atoms with Gasteiger partial charge in [-0.05, 0) is 51.3 Å². The van der Waals surface area contributed by atoms with Crippen LogP contribution in [-0.4, -0.2) is 31.6 Å². The number of carbonyl (C=O) groups is 1. The molecule has 0 unspecified atom stereocenters. The highest BCUT2D eigenvalue weighted by Crippen LogP contribution is 2.31. The molecule has 0 spiro atoms.